The second-order valence-electron chi connectivity index (χ2n) is 8.09. The largest absolute Gasteiger partial charge is 0.473 e. The number of halogens is 3. The molecule has 0 radical (unpaired) electrons. The monoisotopic (exact) mass is 468 g/mol. The van der Waals surface area contributed by atoms with Gasteiger partial charge in [0.1, 0.15) is 11.4 Å². The van der Waals surface area contributed by atoms with Crippen LogP contribution in [-0.4, -0.2) is 66.0 Å². The zero-order chi connectivity index (χ0) is 24.8. The van der Waals surface area contributed by atoms with Gasteiger partial charge in [-0.05, 0) is 43.7 Å². The van der Waals surface area contributed by atoms with Gasteiger partial charge < -0.3 is 14.7 Å². The van der Waals surface area contributed by atoms with Gasteiger partial charge in [-0.25, -0.2) is 9.79 Å². The Morgan fingerprint density at radius 3 is 2.58 bits per heavy atom. The Morgan fingerprint density at radius 2 is 2.00 bits per heavy atom. The summed E-state index contributed by atoms with van der Waals surface area (Å²) in [5.74, 6) is 0.682. The molecule has 1 aromatic rings. The lowest BCUT2D eigenvalue weighted by atomic mass is 10.1. The molecule has 0 unspecified atom stereocenters. The van der Waals surface area contributed by atoms with E-state index in [1.54, 1.807) is 11.9 Å². The molecular formula is C23H31F3N4O3. The second-order valence-corrected chi connectivity index (χ2v) is 8.09. The van der Waals surface area contributed by atoms with Crippen molar-refractivity contribution in [3.8, 4) is 5.75 Å². The van der Waals surface area contributed by atoms with Crippen LogP contribution in [0, 0.1) is 5.92 Å². The molecule has 0 bridgehead atoms. The number of aliphatic hydroxyl groups is 1. The van der Waals surface area contributed by atoms with E-state index in [-0.39, 0.29) is 37.5 Å². The third-order valence-corrected chi connectivity index (χ3v) is 5.18. The van der Waals surface area contributed by atoms with Gasteiger partial charge in [0.15, 0.2) is 12.6 Å². The molecule has 10 heteroatoms. The first-order valence-electron chi connectivity index (χ1n) is 10.6. The van der Waals surface area contributed by atoms with E-state index in [1.807, 2.05) is 13.8 Å². The van der Waals surface area contributed by atoms with Crippen molar-refractivity contribution < 1.29 is 27.8 Å². The summed E-state index contributed by atoms with van der Waals surface area (Å²) in [4.78, 5) is 21.4. The fourth-order valence-corrected chi connectivity index (χ4v) is 3.34. The average Bonchev–Trinajstić information content (AvgIpc) is 2.76. The Morgan fingerprint density at radius 1 is 1.30 bits per heavy atom. The summed E-state index contributed by atoms with van der Waals surface area (Å²) in [6.45, 7) is 12.3. The molecule has 1 aliphatic rings. The molecule has 1 N–H and O–H groups in total. The molecule has 0 fully saturated rings. The number of carbonyl (C=O) groups is 1. The number of ether oxygens (including phenoxy) is 1. The fraction of sp³-hybridized carbons (Fsp3) is 0.478. The highest BCUT2D eigenvalue weighted by Crippen LogP contribution is 2.33. The van der Waals surface area contributed by atoms with Gasteiger partial charge in [-0.15, -0.1) is 0 Å². The summed E-state index contributed by atoms with van der Waals surface area (Å²) in [5.41, 5.74) is 0.0620. The van der Waals surface area contributed by atoms with Gasteiger partial charge >= 0.3 is 12.2 Å². The van der Waals surface area contributed by atoms with Crippen LogP contribution in [0.4, 0.5) is 18.0 Å². The van der Waals surface area contributed by atoms with Gasteiger partial charge in [-0.3, -0.25) is 9.80 Å². The minimum atomic E-state index is -4.48. The van der Waals surface area contributed by atoms with E-state index in [0.717, 1.165) is 18.6 Å². The van der Waals surface area contributed by atoms with Crippen molar-refractivity contribution in [2.45, 2.75) is 32.9 Å². The first-order valence-corrected chi connectivity index (χ1v) is 10.6. The van der Waals surface area contributed by atoms with Crippen molar-refractivity contribution in [1.82, 2.24) is 14.7 Å². The summed E-state index contributed by atoms with van der Waals surface area (Å²) in [7, 11) is 1.55. The van der Waals surface area contributed by atoms with Crippen LogP contribution < -0.4 is 4.74 Å². The molecular weight excluding hydrogens is 437 g/mol. The van der Waals surface area contributed by atoms with E-state index >= 15 is 0 Å². The smallest absolute Gasteiger partial charge is 0.416 e. The van der Waals surface area contributed by atoms with Crippen LogP contribution in [0.5, 0.6) is 5.75 Å². The third kappa shape index (κ3) is 6.50. The number of urea groups is 1. The first kappa shape index (κ1) is 26.2. The number of hydrogen-bond acceptors (Lipinski definition) is 5. The molecule has 0 aliphatic carbocycles. The number of rotatable bonds is 11. The summed E-state index contributed by atoms with van der Waals surface area (Å²) < 4.78 is 45.0. The molecule has 1 aliphatic heterocycles. The van der Waals surface area contributed by atoms with Crippen LogP contribution in [0.25, 0.3) is 0 Å². The average molecular weight is 469 g/mol. The summed E-state index contributed by atoms with van der Waals surface area (Å²) in [5, 5.41) is 9.21. The Kier molecular flexibility index (Phi) is 8.92. The molecule has 7 nitrogen and oxygen atoms in total. The van der Waals surface area contributed by atoms with Gasteiger partial charge in [0, 0.05) is 26.7 Å². The van der Waals surface area contributed by atoms with Crippen molar-refractivity contribution in [3.05, 3.63) is 53.6 Å². The van der Waals surface area contributed by atoms with E-state index in [0.29, 0.717) is 30.3 Å². The number of aliphatic imine (C=N–C) groups is 1. The lowest BCUT2D eigenvalue weighted by Crippen LogP contribution is -2.48. The van der Waals surface area contributed by atoms with Gasteiger partial charge in [-0.2, -0.15) is 13.2 Å². The standard InChI is InChI=1S/C23H31F3N4O3/c1-16(2)10-12-29(15-33-19-9-6-8-18(14-19)23(24,25)26)20-17(3)30(11-7-13-31)22(32)28(5)21(20)27-4/h6,8-9,14,16,31H,3-4,7,10-13,15H2,1-2,5H3. The number of alkyl halides is 3. The van der Waals surface area contributed by atoms with Gasteiger partial charge in [-0.1, -0.05) is 26.5 Å². The van der Waals surface area contributed by atoms with Crippen molar-refractivity contribution in [2.24, 2.45) is 10.9 Å². The zero-order valence-corrected chi connectivity index (χ0v) is 19.2. The number of benzene rings is 1. The quantitative estimate of drug-likeness (QED) is 0.383. The van der Waals surface area contributed by atoms with Gasteiger partial charge in [0.05, 0.1) is 11.3 Å². The summed E-state index contributed by atoms with van der Waals surface area (Å²) in [6, 6.07) is 4.31. The molecule has 2 amide bonds. The minimum Gasteiger partial charge on any atom is -0.473 e. The highest BCUT2D eigenvalue weighted by Gasteiger charge is 2.35. The minimum absolute atomic E-state index is 0.0658. The SMILES string of the molecule is C=NC1=C(N(CCC(C)C)COc2cccc(C(F)(F)F)c2)C(=C)N(CCCO)C(=O)N1C. The predicted octanol–water partition coefficient (Wildman–Crippen LogP) is 4.52. The van der Waals surface area contributed by atoms with E-state index in [2.05, 4.69) is 18.3 Å². The predicted molar refractivity (Wildman–Crippen MR) is 120 cm³/mol. The molecule has 0 aromatic heterocycles. The number of amides is 2. The van der Waals surface area contributed by atoms with Gasteiger partial charge in [0.25, 0.3) is 0 Å². The maximum Gasteiger partial charge on any atom is 0.416 e. The maximum absolute atomic E-state index is 13.1. The Bertz CT molecular complexity index is 899. The molecule has 0 spiro atoms. The van der Waals surface area contributed by atoms with E-state index < -0.39 is 11.7 Å². The number of carbonyl (C=O) groups excluding carboxylic acids is 1. The van der Waals surface area contributed by atoms with Crippen LogP contribution >= 0.6 is 0 Å². The van der Waals surface area contributed by atoms with Crippen molar-refractivity contribution in [3.63, 3.8) is 0 Å². The molecule has 0 saturated carbocycles. The van der Waals surface area contributed by atoms with E-state index in [9.17, 15) is 23.1 Å². The van der Waals surface area contributed by atoms with Crippen LogP contribution in [0.2, 0.25) is 0 Å². The zero-order valence-electron chi connectivity index (χ0n) is 19.2. The highest BCUT2D eigenvalue weighted by molar-refractivity contribution is 5.81. The van der Waals surface area contributed by atoms with Crippen LogP contribution in [0.3, 0.4) is 0 Å². The van der Waals surface area contributed by atoms with Crippen LogP contribution in [-0.2, 0) is 6.18 Å². The molecule has 0 atom stereocenters. The van der Waals surface area contributed by atoms with Crippen molar-refractivity contribution >= 4 is 12.7 Å². The number of aliphatic hydroxyl groups excluding tert-OH is 1. The lowest BCUT2D eigenvalue weighted by molar-refractivity contribution is -0.137. The molecule has 1 heterocycles. The Balaban J connectivity index is 2.39. The highest BCUT2D eigenvalue weighted by atomic mass is 19.4. The molecule has 1 aromatic carbocycles. The van der Waals surface area contributed by atoms with Crippen molar-refractivity contribution in [1.29, 1.82) is 0 Å². The molecule has 2 rings (SSSR count). The van der Waals surface area contributed by atoms with Gasteiger partial charge in [0.2, 0.25) is 0 Å². The molecule has 0 saturated heterocycles. The Hall–Kier alpha value is -3.01. The number of hydrogen-bond donors (Lipinski definition) is 1. The third-order valence-electron chi connectivity index (χ3n) is 5.18. The molecule has 33 heavy (non-hydrogen) atoms. The maximum atomic E-state index is 13.1. The fourth-order valence-electron chi connectivity index (χ4n) is 3.34. The lowest BCUT2D eigenvalue weighted by Gasteiger charge is -2.40. The number of nitrogens with zero attached hydrogens (tertiary/aromatic N) is 4. The topological polar surface area (TPSA) is 68.6 Å². The Labute approximate surface area is 192 Å². The second kappa shape index (κ2) is 11.2. The normalized spacial score (nSPS) is 14.9. The van der Waals surface area contributed by atoms with Crippen molar-refractivity contribution in [2.75, 3.05) is 33.5 Å². The summed E-state index contributed by atoms with van der Waals surface area (Å²) in [6.07, 6.45) is -3.37. The molecule has 182 valence electrons. The van der Waals surface area contributed by atoms with E-state index in [4.69, 9.17) is 4.74 Å². The van der Waals surface area contributed by atoms with Crippen LogP contribution in [0.15, 0.2) is 53.1 Å². The van der Waals surface area contributed by atoms with Crippen LogP contribution in [0.1, 0.15) is 32.3 Å². The first-order chi connectivity index (χ1) is 15.5. The van der Waals surface area contributed by atoms with E-state index in [1.165, 1.54) is 21.9 Å². The summed E-state index contributed by atoms with van der Waals surface area (Å²) >= 11 is 0.